The fourth-order valence-corrected chi connectivity index (χ4v) is 6.44. The number of hydrogen-bond donors (Lipinski definition) is 2. The molecule has 11 heteroatoms. The van der Waals surface area contributed by atoms with Gasteiger partial charge in [-0.3, -0.25) is 9.59 Å². The number of aliphatic hydroxyl groups excluding tert-OH is 1. The molecule has 2 aliphatic rings. The normalized spacial score (nSPS) is 21.6. The Labute approximate surface area is 209 Å². The van der Waals surface area contributed by atoms with Crippen molar-refractivity contribution < 1.29 is 27.9 Å². The van der Waals surface area contributed by atoms with Gasteiger partial charge in [-0.05, 0) is 43.3 Å². The van der Waals surface area contributed by atoms with Gasteiger partial charge in [-0.15, -0.1) is 11.3 Å². The lowest BCUT2D eigenvalue weighted by molar-refractivity contribution is -0.117. The van der Waals surface area contributed by atoms with Crippen molar-refractivity contribution in [3.63, 3.8) is 0 Å². The first kappa shape index (κ1) is 25.6. The SMILES string of the molecule is C[C@@H]1CN([C@H](C)CO)C(=O)c2cccc(NC(=O)C3CC3)c2O[C@H]1CN(C)S(=O)(=O)c1cccs1. The van der Waals surface area contributed by atoms with E-state index in [9.17, 15) is 23.1 Å². The lowest BCUT2D eigenvalue weighted by Crippen LogP contribution is -2.50. The number of amides is 2. The summed E-state index contributed by atoms with van der Waals surface area (Å²) in [5, 5.41) is 14.4. The molecule has 35 heavy (non-hydrogen) atoms. The van der Waals surface area contributed by atoms with Crippen molar-refractivity contribution in [3.05, 3.63) is 41.3 Å². The third-order valence-electron chi connectivity index (χ3n) is 6.49. The quantitative estimate of drug-likeness (QED) is 0.552. The molecule has 2 heterocycles. The molecular formula is C24H31N3O6S2. The molecule has 2 aromatic rings. The van der Waals surface area contributed by atoms with Crippen LogP contribution in [0.5, 0.6) is 5.75 Å². The van der Waals surface area contributed by atoms with Crippen LogP contribution in [0.15, 0.2) is 39.9 Å². The summed E-state index contributed by atoms with van der Waals surface area (Å²) in [6.45, 7) is 3.74. The van der Waals surface area contributed by atoms with Gasteiger partial charge >= 0.3 is 0 Å². The zero-order chi connectivity index (χ0) is 25.3. The lowest BCUT2D eigenvalue weighted by Gasteiger charge is -2.38. The number of anilines is 1. The minimum atomic E-state index is -3.71. The number of likely N-dealkylation sites (N-methyl/N-ethyl adjacent to an activating group) is 1. The van der Waals surface area contributed by atoms with E-state index in [1.807, 2.05) is 6.92 Å². The Morgan fingerprint density at radius 2 is 2.06 bits per heavy atom. The number of fused-ring (bicyclic) bond motifs is 1. The number of rotatable bonds is 8. The average molecular weight is 522 g/mol. The number of aliphatic hydroxyl groups is 1. The average Bonchev–Trinajstić information content (AvgIpc) is 3.54. The van der Waals surface area contributed by atoms with Crippen molar-refractivity contribution in [2.75, 3.05) is 32.1 Å². The minimum Gasteiger partial charge on any atom is -0.486 e. The molecule has 0 spiro atoms. The van der Waals surface area contributed by atoms with Crippen molar-refractivity contribution in [1.29, 1.82) is 0 Å². The molecule has 1 aliphatic heterocycles. The zero-order valence-corrected chi connectivity index (χ0v) is 21.6. The molecule has 0 radical (unpaired) electrons. The van der Waals surface area contributed by atoms with Crippen molar-refractivity contribution in [2.45, 2.75) is 43.0 Å². The largest absolute Gasteiger partial charge is 0.486 e. The molecule has 1 aromatic heterocycles. The number of carbonyl (C=O) groups is 2. The molecule has 0 saturated heterocycles. The Kier molecular flexibility index (Phi) is 7.51. The molecule has 190 valence electrons. The van der Waals surface area contributed by atoms with E-state index in [4.69, 9.17) is 4.74 Å². The Morgan fingerprint density at radius 1 is 1.31 bits per heavy atom. The van der Waals surface area contributed by atoms with Crippen molar-refractivity contribution in [1.82, 2.24) is 9.21 Å². The Morgan fingerprint density at radius 3 is 2.69 bits per heavy atom. The summed E-state index contributed by atoms with van der Waals surface area (Å²) in [5.41, 5.74) is 0.645. The molecule has 0 bridgehead atoms. The summed E-state index contributed by atoms with van der Waals surface area (Å²) in [4.78, 5) is 27.6. The van der Waals surface area contributed by atoms with Gasteiger partial charge in [0.05, 0.1) is 30.4 Å². The number of nitrogens with one attached hydrogen (secondary N) is 1. The molecule has 3 atom stereocenters. The third kappa shape index (κ3) is 5.37. The van der Waals surface area contributed by atoms with Gasteiger partial charge in [-0.1, -0.05) is 19.1 Å². The minimum absolute atomic E-state index is 0.0429. The smallest absolute Gasteiger partial charge is 0.258 e. The van der Waals surface area contributed by atoms with E-state index in [0.29, 0.717) is 5.69 Å². The highest BCUT2D eigenvalue weighted by molar-refractivity contribution is 7.91. The summed E-state index contributed by atoms with van der Waals surface area (Å²) in [6.07, 6.45) is 1.04. The molecule has 2 amide bonds. The summed E-state index contributed by atoms with van der Waals surface area (Å²) in [6, 6.07) is 7.78. The number of benzene rings is 1. The summed E-state index contributed by atoms with van der Waals surface area (Å²) in [5.74, 6) is -0.528. The number of para-hydroxylation sites is 1. The van der Waals surface area contributed by atoms with Crippen LogP contribution < -0.4 is 10.1 Å². The van der Waals surface area contributed by atoms with E-state index in [1.54, 1.807) is 47.5 Å². The molecule has 1 aliphatic carbocycles. The Hall–Kier alpha value is -2.47. The van der Waals surface area contributed by atoms with Crippen LogP contribution in [-0.2, 0) is 14.8 Å². The fraction of sp³-hybridized carbons (Fsp3) is 0.500. The van der Waals surface area contributed by atoms with E-state index >= 15 is 0 Å². The predicted octanol–water partition coefficient (Wildman–Crippen LogP) is 2.64. The fourth-order valence-electron chi connectivity index (χ4n) is 4.06. The first-order chi connectivity index (χ1) is 16.6. The van der Waals surface area contributed by atoms with Gasteiger partial charge < -0.3 is 20.1 Å². The van der Waals surface area contributed by atoms with Gasteiger partial charge in [0.2, 0.25) is 5.91 Å². The maximum atomic E-state index is 13.5. The van der Waals surface area contributed by atoms with E-state index in [0.717, 1.165) is 24.2 Å². The highest BCUT2D eigenvalue weighted by Crippen LogP contribution is 2.37. The Bertz CT molecular complexity index is 1180. The van der Waals surface area contributed by atoms with Crippen molar-refractivity contribution in [2.24, 2.45) is 11.8 Å². The molecule has 1 saturated carbocycles. The van der Waals surface area contributed by atoms with Crippen LogP contribution in [0.25, 0.3) is 0 Å². The zero-order valence-electron chi connectivity index (χ0n) is 20.0. The number of ether oxygens (including phenoxy) is 1. The lowest BCUT2D eigenvalue weighted by atomic mass is 9.99. The van der Waals surface area contributed by atoms with Crippen LogP contribution in [0.2, 0.25) is 0 Å². The van der Waals surface area contributed by atoms with E-state index < -0.39 is 22.2 Å². The molecular weight excluding hydrogens is 490 g/mol. The van der Waals surface area contributed by atoms with Gasteiger partial charge in [-0.2, -0.15) is 4.31 Å². The van der Waals surface area contributed by atoms with Crippen molar-refractivity contribution in [3.8, 4) is 5.75 Å². The van der Waals surface area contributed by atoms with Gasteiger partial charge in [0.25, 0.3) is 15.9 Å². The number of sulfonamides is 1. The van der Waals surface area contributed by atoms with Crippen LogP contribution >= 0.6 is 11.3 Å². The third-order valence-corrected chi connectivity index (χ3v) is 9.69. The van der Waals surface area contributed by atoms with E-state index in [2.05, 4.69) is 5.32 Å². The van der Waals surface area contributed by atoms with Crippen LogP contribution in [0, 0.1) is 11.8 Å². The van der Waals surface area contributed by atoms with Crippen molar-refractivity contribution >= 4 is 38.9 Å². The Balaban J connectivity index is 1.71. The maximum absolute atomic E-state index is 13.5. The second-order valence-electron chi connectivity index (χ2n) is 9.29. The predicted molar refractivity (Wildman–Crippen MR) is 133 cm³/mol. The van der Waals surface area contributed by atoms with E-state index in [1.165, 1.54) is 11.4 Å². The number of carbonyl (C=O) groups excluding carboxylic acids is 2. The second kappa shape index (κ2) is 10.3. The van der Waals surface area contributed by atoms with Gasteiger partial charge in [0, 0.05) is 25.4 Å². The summed E-state index contributed by atoms with van der Waals surface area (Å²) < 4.78 is 34.0. The molecule has 2 N–H and O–H groups in total. The standard InChI is InChI=1S/C24H31N3O6S2/c1-15-12-27(16(2)14-28)24(30)18-6-4-7-19(25-23(29)17-9-10-17)22(18)33-20(15)13-26(3)35(31,32)21-8-5-11-34-21/h4-8,11,15-17,20,28H,9-10,12-14H2,1-3H3,(H,25,29)/t15-,16-,20+/m1/s1. The van der Waals surface area contributed by atoms with Crippen LogP contribution in [0.4, 0.5) is 5.69 Å². The number of nitrogens with zero attached hydrogens (tertiary/aromatic N) is 2. The molecule has 1 fully saturated rings. The van der Waals surface area contributed by atoms with Gasteiger partial charge in [-0.25, -0.2) is 8.42 Å². The maximum Gasteiger partial charge on any atom is 0.258 e. The van der Waals surface area contributed by atoms with Crippen LogP contribution in [-0.4, -0.2) is 73.4 Å². The highest BCUT2D eigenvalue weighted by Gasteiger charge is 2.37. The molecule has 0 unspecified atom stereocenters. The van der Waals surface area contributed by atoms with Gasteiger partial charge in [0.15, 0.2) is 5.75 Å². The van der Waals surface area contributed by atoms with Gasteiger partial charge in [0.1, 0.15) is 10.3 Å². The first-order valence-electron chi connectivity index (χ1n) is 11.7. The summed E-state index contributed by atoms with van der Waals surface area (Å²) in [7, 11) is -2.21. The molecule has 9 nitrogen and oxygen atoms in total. The van der Waals surface area contributed by atoms with Crippen LogP contribution in [0.3, 0.4) is 0 Å². The molecule has 1 aromatic carbocycles. The monoisotopic (exact) mass is 521 g/mol. The second-order valence-corrected chi connectivity index (χ2v) is 12.5. The van der Waals surface area contributed by atoms with E-state index in [-0.39, 0.29) is 58.9 Å². The number of thiophene rings is 1. The highest BCUT2D eigenvalue weighted by atomic mass is 32.2. The summed E-state index contributed by atoms with van der Waals surface area (Å²) >= 11 is 1.14. The molecule has 4 rings (SSSR count). The topological polar surface area (TPSA) is 116 Å². The first-order valence-corrected chi connectivity index (χ1v) is 14.0. The van der Waals surface area contributed by atoms with Crippen LogP contribution in [0.1, 0.15) is 37.0 Å². The number of hydrogen-bond acceptors (Lipinski definition) is 7.